The molecule has 0 fully saturated rings. The molecule has 0 aromatic carbocycles. The van der Waals surface area contributed by atoms with Gasteiger partial charge in [0.2, 0.25) is 0 Å². The van der Waals surface area contributed by atoms with Crippen LogP contribution in [0.15, 0.2) is 24.7 Å². The normalized spacial score (nSPS) is 10.5. The second kappa shape index (κ2) is 5.40. The minimum Gasteiger partial charge on any atom is -0.337 e. The summed E-state index contributed by atoms with van der Waals surface area (Å²) in [7, 11) is 3.57. The van der Waals surface area contributed by atoms with E-state index >= 15 is 0 Å². The molecule has 0 aliphatic rings. The molecule has 2 aromatic heterocycles. The summed E-state index contributed by atoms with van der Waals surface area (Å²) in [6, 6.07) is 1.69. The summed E-state index contributed by atoms with van der Waals surface area (Å²) in [5, 5.41) is 4.50. The van der Waals surface area contributed by atoms with Gasteiger partial charge in [0.05, 0.1) is 16.8 Å². The number of aryl methyl sites for hydroxylation is 2. The summed E-state index contributed by atoms with van der Waals surface area (Å²) >= 11 is 6.07. The van der Waals surface area contributed by atoms with Gasteiger partial charge in [-0.05, 0) is 13.0 Å². The number of nitrogens with zero attached hydrogens (tertiary/aromatic N) is 4. The van der Waals surface area contributed by atoms with E-state index < -0.39 is 0 Å². The lowest BCUT2D eigenvalue weighted by Crippen LogP contribution is -2.26. The highest BCUT2D eigenvalue weighted by Gasteiger charge is 2.16. The maximum atomic E-state index is 12.3. The van der Waals surface area contributed by atoms with Gasteiger partial charge in [-0.25, -0.2) is 0 Å². The van der Waals surface area contributed by atoms with Crippen LogP contribution < -0.4 is 0 Å². The van der Waals surface area contributed by atoms with Crippen LogP contribution in [-0.4, -0.2) is 32.6 Å². The third-order valence-electron chi connectivity index (χ3n) is 2.75. The molecule has 2 heterocycles. The summed E-state index contributed by atoms with van der Waals surface area (Å²) < 4.78 is 1.70. The first-order valence-electron chi connectivity index (χ1n) is 5.82. The zero-order valence-corrected chi connectivity index (χ0v) is 11.8. The topological polar surface area (TPSA) is 51.0 Å². The largest absolute Gasteiger partial charge is 0.337 e. The van der Waals surface area contributed by atoms with Gasteiger partial charge in [-0.1, -0.05) is 11.6 Å². The van der Waals surface area contributed by atoms with E-state index in [4.69, 9.17) is 11.6 Å². The van der Waals surface area contributed by atoms with Gasteiger partial charge >= 0.3 is 0 Å². The van der Waals surface area contributed by atoms with Crippen molar-refractivity contribution in [1.82, 2.24) is 19.7 Å². The first-order chi connectivity index (χ1) is 8.97. The number of hydrogen-bond acceptors (Lipinski definition) is 3. The van der Waals surface area contributed by atoms with Crippen molar-refractivity contribution < 1.29 is 4.79 Å². The number of amides is 1. The van der Waals surface area contributed by atoms with Crippen LogP contribution in [0, 0.1) is 6.92 Å². The first kappa shape index (κ1) is 13.5. The molecule has 0 aliphatic carbocycles. The van der Waals surface area contributed by atoms with Gasteiger partial charge < -0.3 is 4.90 Å². The zero-order chi connectivity index (χ0) is 14.0. The van der Waals surface area contributed by atoms with Crippen LogP contribution in [0.25, 0.3) is 0 Å². The van der Waals surface area contributed by atoms with Crippen molar-refractivity contribution in [3.63, 3.8) is 0 Å². The Morgan fingerprint density at radius 2 is 2.21 bits per heavy atom. The molecule has 2 aromatic rings. The number of aromatic nitrogens is 3. The van der Waals surface area contributed by atoms with E-state index in [1.165, 1.54) is 6.20 Å². The van der Waals surface area contributed by atoms with Gasteiger partial charge in [0.15, 0.2) is 0 Å². The second-order valence-corrected chi connectivity index (χ2v) is 4.90. The fraction of sp³-hybridized carbons (Fsp3) is 0.308. The molecule has 2 rings (SSSR count). The highest BCUT2D eigenvalue weighted by Crippen LogP contribution is 2.18. The van der Waals surface area contributed by atoms with Crippen LogP contribution in [0.1, 0.15) is 21.6 Å². The van der Waals surface area contributed by atoms with Crippen LogP contribution in [-0.2, 0) is 13.6 Å². The Bertz CT molecular complexity index is 608. The molecule has 1 amide bonds. The molecule has 0 unspecified atom stereocenters. The molecular formula is C13H15ClN4O. The van der Waals surface area contributed by atoms with Gasteiger partial charge in [0.1, 0.15) is 0 Å². The molecule has 0 aliphatic heterocycles. The van der Waals surface area contributed by atoms with Crippen molar-refractivity contribution >= 4 is 17.5 Å². The second-order valence-electron chi connectivity index (χ2n) is 4.49. The maximum absolute atomic E-state index is 12.3. The highest BCUT2D eigenvalue weighted by atomic mass is 35.5. The SMILES string of the molecule is Cc1cc(Cl)c(C(=O)N(C)Cc2cnn(C)c2)cn1. The predicted octanol–water partition coefficient (Wildman–Crippen LogP) is 2.05. The number of rotatable bonds is 3. The van der Waals surface area contributed by atoms with E-state index in [2.05, 4.69) is 10.1 Å². The molecule has 0 radical (unpaired) electrons. The van der Waals surface area contributed by atoms with E-state index in [9.17, 15) is 4.79 Å². The van der Waals surface area contributed by atoms with E-state index in [0.717, 1.165) is 11.3 Å². The summed E-state index contributed by atoms with van der Waals surface area (Å²) in [6.07, 6.45) is 5.12. The van der Waals surface area contributed by atoms with Gasteiger partial charge in [0, 0.05) is 44.3 Å². The molecule has 0 spiro atoms. The summed E-state index contributed by atoms with van der Waals surface area (Å²) in [5.74, 6) is -0.152. The van der Waals surface area contributed by atoms with Crippen LogP contribution in [0.4, 0.5) is 0 Å². The van der Waals surface area contributed by atoms with Gasteiger partial charge in [-0.15, -0.1) is 0 Å². The predicted molar refractivity (Wildman–Crippen MR) is 73.0 cm³/mol. The molecule has 100 valence electrons. The Morgan fingerprint density at radius 3 is 2.79 bits per heavy atom. The highest BCUT2D eigenvalue weighted by molar-refractivity contribution is 6.33. The van der Waals surface area contributed by atoms with Crippen molar-refractivity contribution in [2.45, 2.75) is 13.5 Å². The van der Waals surface area contributed by atoms with Crippen LogP contribution in [0.5, 0.6) is 0 Å². The van der Waals surface area contributed by atoms with Gasteiger partial charge in [-0.2, -0.15) is 5.10 Å². The number of carbonyl (C=O) groups excluding carboxylic acids is 1. The van der Waals surface area contributed by atoms with Gasteiger partial charge in [0.25, 0.3) is 5.91 Å². The smallest absolute Gasteiger partial charge is 0.256 e. The fourth-order valence-corrected chi connectivity index (χ4v) is 2.08. The van der Waals surface area contributed by atoms with Crippen LogP contribution in [0.3, 0.4) is 0 Å². The number of carbonyl (C=O) groups is 1. The minimum atomic E-state index is -0.152. The molecule has 6 heteroatoms. The van der Waals surface area contributed by atoms with Crippen molar-refractivity contribution in [3.05, 3.63) is 46.5 Å². The average Bonchev–Trinajstić information content (AvgIpc) is 2.74. The molecular weight excluding hydrogens is 264 g/mol. The van der Waals surface area contributed by atoms with E-state index in [1.807, 2.05) is 20.2 Å². The Hall–Kier alpha value is -1.88. The fourth-order valence-electron chi connectivity index (χ4n) is 1.79. The van der Waals surface area contributed by atoms with Gasteiger partial charge in [-0.3, -0.25) is 14.5 Å². The Morgan fingerprint density at radius 1 is 1.47 bits per heavy atom. The lowest BCUT2D eigenvalue weighted by atomic mass is 10.2. The third-order valence-corrected chi connectivity index (χ3v) is 3.06. The molecule has 0 bridgehead atoms. The number of hydrogen-bond donors (Lipinski definition) is 0. The first-order valence-corrected chi connectivity index (χ1v) is 6.20. The molecule has 0 atom stereocenters. The number of pyridine rings is 1. The van der Waals surface area contributed by atoms with E-state index in [-0.39, 0.29) is 5.91 Å². The molecule has 0 saturated carbocycles. The maximum Gasteiger partial charge on any atom is 0.256 e. The van der Waals surface area contributed by atoms with E-state index in [0.29, 0.717) is 17.1 Å². The zero-order valence-electron chi connectivity index (χ0n) is 11.1. The molecule has 0 saturated heterocycles. The lowest BCUT2D eigenvalue weighted by molar-refractivity contribution is 0.0785. The van der Waals surface area contributed by atoms with E-state index in [1.54, 1.807) is 28.9 Å². The molecule has 5 nitrogen and oxygen atoms in total. The molecule has 19 heavy (non-hydrogen) atoms. The average molecular weight is 279 g/mol. The van der Waals surface area contributed by atoms with Crippen molar-refractivity contribution in [1.29, 1.82) is 0 Å². The summed E-state index contributed by atoms with van der Waals surface area (Å²) in [5.41, 5.74) is 2.17. The Balaban J connectivity index is 2.14. The summed E-state index contributed by atoms with van der Waals surface area (Å²) in [4.78, 5) is 18.0. The van der Waals surface area contributed by atoms with Crippen LogP contribution >= 0.6 is 11.6 Å². The number of halogens is 1. The summed E-state index contributed by atoms with van der Waals surface area (Å²) in [6.45, 7) is 2.32. The third kappa shape index (κ3) is 3.12. The Kier molecular flexibility index (Phi) is 3.85. The standard InChI is InChI=1S/C13H15ClN4O/c1-9-4-12(14)11(6-15-9)13(19)17(2)7-10-5-16-18(3)8-10/h4-6,8H,7H2,1-3H3. The van der Waals surface area contributed by atoms with Crippen molar-refractivity contribution in [2.75, 3.05) is 7.05 Å². The quantitative estimate of drug-likeness (QED) is 0.863. The lowest BCUT2D eigenvalue weighted by Gasteiger charge is -2.16. The van der Waals surface area contributed by atoms with Crippen LogP contribution in [0.2, 0.25) is 5.02 Å². The molecule has 0 N–H and O–H groups in total. The minimum absolute atomic E-state index is 0.152. The monoisotopic (exact) mass is 278 g/mol. The van der Waals surface area contributed by atoms with Crippen molar-refractivity contribution in [3.8, 4) is 0 Å². The Labute approximate surface area is 116 Å². The van der Waals surface area contributed by atoms with Crippen molar-refractivity contribution in [2.24, 2.45) is 7.05 Å².